The molecule has 3 N–H and O–H groups in total. The van der Waals surface area contributed by atoms with Gasteiger partial charge in [-0.25, -0.2) is 0 Å². The molecule has 0 aromatic heterocycles. The van der Waals surface area contributed by atoms with Gasteiger partial charge in [0, 0.05) is 32.7 Å². The molecule has 1 aliphatic heterocycles. The fourth-order valence-electron chi connectivity index (χ4n) is 3.17. The topological polar surface area (TPSA) is 64.6 Å². The van der Waals surface area contributed by atoms with Crippen LogP contribution in [0.4, 0.5) is 0 Å². The maximum absolute atomic E-state index is 12.4. The molecular weight excluding hydrogens is 254 g/mol. The van der Waals surface area contributed by atoms with E-state index in [4.69, 9.17) is 0 Å². The highest BCUT2D eigenvalue weighted by Gasteiger charge is 2.35. The fourth-order valence-corrected chi connectivity index (χ4v) is 3.17. The zero-order valence-electron chi connectivity index (χ0n) is 12.8. The minimum Gasteiger partial charge on any atom is -0.393 e. The second-order valence-electron chi connectivity index (χ2n) is 6.68. The lowest BCUT2D eigenvalue weighted by Crippen LogP contribution is -2.60. The van der Waals surface area contributed by atoms with E-state index in [0.717, 1.165) is 58.4 Å². The molecule has 2 fully saturated rings. The second-order valence-corrected chi connectivity index (χ2v) is 6.68. The van der Waals surface area contributed by atoms with Gasteiger partial charge in [-0.1, -0.05) is 0 Å². The first-order valence-electron chi connectivity index (χ1n) is 7.92. The summed E-state index contributed by atoms with van der Waals surface area (Å²) in [6, 6.07) is 0. The first kappa shape index (κ1) is 15.7. The molecule has 1 amide bonds. The maximum Gasteiger partial charge on any atom is 0.239 e. The third-order valence-corrected chi connectivity index (χ3v) is 4.83. The largest absolute Gasteiger partial charge is 0.393 e. The normalized spacial score (nSPS) is 29.1. The lowest BCUT2D eigenvalue weighted by molar-refractivity contribution is -0.132. The molecule has 2 rings (SSSR count). The van der Waals surface area contributed by atoms with Crippen molar-refractivity contribution in [1.82, 2.24) is 15.5 Å². The molecule has 0 aromatic carbocycles. The third-order valence-electron chi connectivity index (χ3n) is 4.83. The van der Waals surface area contributed by atoms with Crippen molar-refractivity contribution in [2.75, 3.05) is 32.7 Å². The molecule has 1 saturated heterocycles. The molecule has 0 spiro atoms. The van der Waals surface area contributed by atoms with Gasteiger partial charge in [-0.15, -0.1) is 0 Å². The molecule has 1 aliphatic carbocycles. The van der Waals surface area contributed by atoms with Gasteiger partial charge in [0.05, 0.1) is 11.6 Å². The summed E-state index contributed by atoms with van der Waals surface area (Å²) in [5.74, 6) is 0.659. The number of carbonyl (C=O) groups excluding carboxylic acids is 1. The van der Waals surface area contributed by atoms with Crippen LogP contribution in [0.3, 0.4) is 0 Å². The van der Waals surface area contributed by atoms with E-state index >= 15 is 0 Å². The van der Waals surface area contributed by atoms with Crippen molar-refractivity contribution in [3.63, 3.8) is 0 Å². The van der Waals surface area contributed by atoms with Gasteiger partial charge in [0.15, 0.2) is 0 Å². The van der Waals surface area contributed by atoms with Crippen LogP contribution in [0.25, 0.3) is 0 Å². The van der Waals surface area contributed by atoms with Crippen LogP contribution in [0.1, 0.15) is 39.5 Å². The van der Waals surface area contributed by atoms with Crippen molar-refractivity contribution in [3.05, 3.63) is 0 Å². The van der Waals surface area contributed by atoms with Crippen LogP contribution >= 0.6 is 0 Å². The van der Waals surface area contributed by atoms with Crippen molar-refractivity contribution in [3.8, 4) is 0 Å². The van der Waals surface area contributed by atoms with Gasteiger partial charge in [-0.2, -0.15) is 0 Å². The van der Waals surface area contributed by atoms with E-state index < -0.39 is 5.54 Å². The lowest BCUT2D eigenvalue weighted by atomic mass is 9.87. The molecule has 1 heterocycles. The van der Waals surface area contributed by atoms with Crippen molar-refractivity contribution in [1.29, 1.82) is 0 Å². The minimum atomic E-state index is -0.434. The van der Waals surface area contributed by atoms with E-state index in [9.17, 15) is 9.90 Å². The predicted octanol–water partition coefficient (Wildman–Crippen LogP) is 0.338. The highest BCUT2D eigenvalue weighted by atomic mass is 16.3. The van der Waals surface area contributed by atoms with Crippen molar-refractivity contribution < 1.29 is 9.90 Å². The number of hydrogen-bond donors (Lipinski definition) is 3. The van der Waals surface area contributed by atoms with E-state index in [1.807, 2.05) is 13.8 Å². The molecule has 0 aromatic rings. The van der Waals surface area contributed by atoms with Crippen LogP contribution in [-0.4, -0.2) is 60.3 Å². The molecule has 0 atom stereocenters. The zero-order valence-corrected chi connectivity index (χ0v) is 12.8. The maximum atomic E-state index is 12.4. The number of nitrogens with one attached hydrogen (secondary N) is 2. The SMILES string of the molecule is CC(C)(C(=O)NCC1CCC(O)CC1)N1CCNCC1. The highest BCUT2D eigenvalue weighted by Crippen LogP contribution is 2.24. The van der Waals surface area contributed by atoms with E-state index in [0.29, 0.717) is 5.92 Å². The number of hydrogen-bond acceptors (Lipinski definition) is 4. The summed E-state index contributed by atoms with van der Waals surface area (Å²) in [5, 5.41) is 15.9. The van der Waals surface area contributed by atoms with Crippen LogP contribution in [0.15, 0.2) is 0 Å². The van der Waals surface area contributed by atoms with Gasteiger partial charge in [-0.05, 0) is 45.4 Å². The highest BCUT2D eigenvalue weighted by molar-refractivity contribution is 5.85. The number of nitrogens with zero attached hydrogens (tertiary/aromatic N) is 1. The Morgan fingerprint density at radius 3 is 2.45 bits per heavy atom. The minimum absolute atomic E-state index is 0.126. The van der Waals surface area contributed by atoms with Gasteiger partial charge < -0.3 is 15.7 Å². The number of carbonyl (C=O) groups is 1. The summed E-state index contributed by atoms with van der Waals surface area (Å²) in [5.41, 5.74) is -0.434. The number of aliphatic hydroxyl groups is 1. The monoisotopic (exact) mass is 283 g/mol. The zero-order chi connectivity index (χ0) is 14.6. The number of rotatable bonds is 4. The van der Waals surface area contributed by atoms with Crippen LogP contribution in [-0.2, 0) is 4.79 Å². The summed E-state index contributed by atoms with van der Waals surface area (Å²) < 4.78 is 0. The number of amides is 1. The molecule has 5 nitrogen and oxygen atoms in total. The van der Waals surface area contributed by atoms with Gasteiger partial charge in [0.25, 0.3) is 0 Å². The standard InChI is InChI=1S/C15H29N3O2/c1-15(2,18-9-7-16-8-10-18)14(20)17-11-12-3-5-13(19)6-4-12/h12-13,16,19H,3-11H2,1-2H3,(H,17,20). The average molecular weight is 283 g/mol. The Bertz CT molecular complexity index is 319. The summed E-state index contributed by atoms with van der Waals surface area (Å²) in [7, 11) is 0. The summed E-state index contributed by atoms with van der Waals surface area (Å²) in [6.07, 6.45) is 3.67. The molecule has 1 saturated carbocycles. The molecule has 0 radical (unpaired) electrons. The first-order valence-corrected chi connectivity index (χ1v) is 7.92. The summed E-state index contributed by atoms with van der Waals surface area (Å²) >= 11 is 0. The Labute approximate surface area is 122 Å². The predicted molar refractivity (Wildman–Crippen MR) is 79.5 cm³/mol. The van der Waals surface area contributed by atoms with Crippen LogP contribution in [0, 0.1) is 5.92 Å². The third kappa shape index (κ3) is 3.93. The molecule has 0 bridgehead atoms. The lowest BCUT2D eigenvalue weighted by Gasteiger charge is -2.40. The van der Waals surface area contributed by atoms with Crippen LogP contribution < -0.4 is 10.6 Å². The second kappa shape index (κ2) is 6.87. The molecule has 5 heteroatoms. The van der Waals surface area contributed by atoms with Crippen LogP contribution in [0.5, 0.6) is 0 Å². The Hall–Kier alpha value is -0.650. The quantitative estimate of drug-likeness (QED) is 0.696. The first-order chi connectivity index (χ1) is 9.50. The Morgan fingerprint density at radius 2 is 1.85 bits per heavy atom. The average Bonchev–Trinajstić information content (AvgIpc) is 2.47. The fraction of sp³-hybridized carbons (Fsp3) is 0.933. The molecule has 20 heavy (non-hydrogen) atoms. The molecule has 116 valence electrons. The van der Waals surface area contributed by atoms with Gasteiger partial charge in [0.2, 0.25) is 5.91 Å². The molecule has 0 unspecified atom stereocenters. The summed E-state index contributed by atoms with van der Waals surface area (Å²) in [6.45, 7) is 8.54. The van der Waals surface area contributed by atoms with Gasteiger partial charge >= 0.3 is 0 Å². The van der Waals surface area contributed by atoms with E-state index in [-0.39, 0.29) is 12.0 Å². The molecular formula is C15H29N3O2. The number of aliphatic hydroxyl groups excluding tert-OH is 1. The van der Waals surface area contributed by atoms with Crippen LogP contribution in [0.2, 0.25) is 0 Å². The van der Waals surface area contributed by atoms with E-state index in [1.54, 1.807) is 0 Å². The number of piperazine rings is 1. The Morgan fingerprint density at radius 1 is 1.25 bits per heavy atom. The smallest absolute Gasteiger partial charge is 0.239 e. The van der Waals surface area contributed by atoms with E-state index in [2.05, 4.69) is 15.5 Å². The molecule has 2 aliphatic rings. The Balaban J connectivity index is 1.78. The van der Waals surface area contributed by atoms with Gasteiger partial charge in [-0.3, -0.25) is 9.69 Å². The Kier molecular flexibility index (Phi) is 5.41. The van der Waals surface area contributed by atoms with Crippen molar-refractivity contribution in [2.24, 2.45) is 5.92 Å². The summed E-state index contributed by atoms with van der Waals surface area (Å²) in [4.78, 5) is 14.7. The van der Waals surface area contributed by atoms with Gasteiger partial charge in [0.1, 0.15) is 0 Å². The van der Waals surface area contributed by atoms with Crippen molar-refractivity contribution in [2.45, 2.75) is 51.2 Å². The van der Waals surface area contributed by atoms with Crippen molar-refractivity contribution >= 4 is 5.91 Å². The van der Waals surface area contributed by atoms with E-state index in [1.165, 1.54) is 0 Å².